The van der Waals surface area contributed by atoms with Gasteiger partial charge < -0.3 is 4.90 Å². The molecule has 3 rings (SSSR count). The third-order valence-electron chi connectivity index (χ3n) is 5.82. The molecule has 0 aliphatic carbocycles. The molecule has 0 radical (unpaired) electrons. The van der Waals surface area contributed by atoms with Crippen molar-refractivity contribution < 1.29 is 22.0 Å². The van der Waals surface area contributed by atoms with Gasteiger partial charge in [0.2, 0.25) is 16.2 Å². The first-order chi connectivity index (χ1) is 16.3. The van der Waals surface area contributed by atoms with Crippen LogP contribution in [-0.2, 0) is 14.8 Å². The maximum Gasteiger partial charge on any atom is 0.261 e. The van der Waals surface area contributed by atoms with E-state index in [1.165, 1.54) is 32.3 Å². The van der Waals surface area contributed by atoms with Crippen LogP contribution in [-0.4, -0.2) is 53.9 Å². The molecule has 13 heteroatoms. The molecule has 0 saturated carbocycles. The monoisotopic (exact) mass is 526 g/mol. The van der Waals surface area contributed by atoms with Gasteiger partial charge >= 0.3 is 0 Å². The number of rotatable bonds is 8. The van der Waals surface area contributed by atoms with Gasteiger partial charge in [0.1, 0.15) is 5.82 Å². The third-order valence-corrected chi connectivity index (χ3v) is 7.60. The fourth-order valence-electron chi connectivity index (χ4n) is 3.69. The number of likely N-dealkylation sites (N-methyl/N-ethyl adjacent to an activating group) is 1. The number of sulfonamides is 1. The summed E-state index contributed by atoms with van der Waals surface area (Å²) in [6.45, 7) is 5.19. The lowest BCUT2D eigenvalue weighted by molar-refractivity contribution is -0.134. The van der Waals surface area contributed by atoms with Gasteiger partial charge in [0.25, 0.3) is 5.91 Å². The Morgan fingerprint density at radius 3 is 2.49 bits per heavy atom. The summed E-state index contributed by atoms with van der Waals surface area (Å²) in [6, 6.07) is 5.18. The topological polar surface area (TPSA) is 121 Å². The molecule has 3 atom stereocenters. The summed E-state index contributed by atoms with van der Waals surface area (Å²) in [6.07, 6.45) is -2.16. The second-order valence-corrected chi connectivity index (χ2v) is 10.5. The van der Waals surface area contributed by atoms with Gasteiger partial charge in [0.15, 0.2) is 5.82 Å². The number of carbonyl (C=O) groups is 1. The summed E-state index contributed by atoms with van der Waals surface area (Å²) in [7, 11) is -1.60. The Labute approximate surface area is 206 Å². The smallest absolute Gasteiger partial charge is 0.261 e. The van der Waals surface area contributed by atoms with Crippen LogP contribution in [0.5, 0.6) is 0 Å². The Bertz CT molecular complexity index is 1340. The minimum atomic E-state index is -4.34. The number of benzene rings is 2. The van der Waals surface area contributed by atoms with Crippen LogP contribution in [0.3, 0.4) is 0 Å². The molecule has 1 amide bonds. The van der Waals surface area contributed by atoms with E-state index < -0.39 is 39.9 Å². The maximum atomic E-state index is 14.8. The highest BCUT2D eigenvalue weighted by Gasteiger charge is 2.33. The summed E-state index contributed by atoms with van der Waals surface area (Å²) in [4.78, 5) is 12.8. The van der Waals surface area contributed by atoms with Gasteiger partial charge in [-0.25, -0.2) is 17.2 Å². The Balaban J connectivity index is 2.04. The lowest BCUT2D eigenvalue weighted by Crippen LogP contribution is -2.33. The number of aryl methyl sites for hydroxylation is 1. The highest BCUT2D eigenvalue weighted by atomic mass is 35.5. The number of alkyl halides is 1. The van der Waals surface area contributed by atoms with Gasteiger partial charge in [0, 0.05) is 30.6 Å². The number of nitrogens with zero attached hydrogens (tertiary/aromatic N) is 4. The second-order valence-electron chi connectivity index (χ2n) is 8.34. The predicted molar refractivity (Wildman–Crippen MR) is 126 cm³/mol. The highest BCUT2D eigenvalue weighted by molar-refractivity contribution is 7.89. The average molecular weight is 527 g/mol. The Hall–Kier alpha value is -2.96. The zero-order valence-corrected chi connectivity index (χ0v) is 21.2. The summed E-state index contributed by atoms with van der Waals surface area (Å²) < 4.78 is 58.8. The lowest BCUT2D eigenvalue weighted by Gasteiger charge is -2.25. The molecule has 0 unspecified atom stereocenters. The van der Waals surface area contributed by atoms with Gasteiger partial charge in [-0.05, 0) is 54.8 Å². The molecule has 188 valence electrons. The molecule has 0 aliphatic rings. The van der Waals surface area contributed by atoms with Crippen molar-refractivity contribution in [3.63, 3.8) is 0 Å². The van der Waals surface area contributed by atoms with Crippen LogP contribution in [0.15, 0.2) is 35.2 Å². The Morgan fingerprint density at radius 1 is 1.20 bits per heavy atom. The molecule has 9 nitrogen and oxygen atoms in total. The minimum Gasteiger partial charge on any atom is -0.346 e. The standard InChI is InChI=1S/C22H25ClF2N6O3S/c1-11-6-9-17(24)18(12(11)2)13(3)20(21-26-29-30-27-21)28-35(33,34)14-7-8-16(23)15(10-14)19(25)22(32)31(4)5/h6-10,13,19-20,28H,1-5H3,(H,26,27,29,30)/t13-,19-,20+/m1/s1. The molecular weight excluding hydrogens is 502 g/mol. The average Bonchev–Trinajstić information content (AvgIpc) is 3.34. The molecule has 0 spiro atoms. The zero-order chi connectivity index (χ0) is 26.1. The summed E-state index contributed by atoms with van der Waals surface area (Å²) >= 11 is 6.06. The van der Waals surface area contributed by atoms with Gasteiger partial charge in [-0.15, -0.1) is 10.2 Å². The number of H-pyrrole nitrogens is 1. The van der Waals surface area contributed by atoms with Crippen molar-refractivity contribution >= 4 is 27.5 Å². The molecule has 1 aromatic heterocycles. The Kier molecular flexibility index (Phi) is 7.87. The van der Waals surface area contributed by atoms with E-state index in [1.54, 1.807) is 19.9 Å². The molecule has 0 bridgehead atoms. The van der Waals surface area contributed by atoms with Gasteiger partial charge in [-0.3, -0.25) is 4.79 Å². The number of tetrazole rings is 1. The maximum absolute atomic E-state index is 14.8. The van der Waals surface area contributed by atoms with E-state index in [1.807, 2.05) is 6.92 Å². The van der Waals surface area contributed by atoms with Crippen LogP contribution in [0.1, 0.15) is 53.1 Å². The normalized spacial score (nSPS) is 14.4. The van der Waals surface area contributed by atoms with Crippen molar-refractivity contribution in [2.45, 2.75) is 43.8 Å². The number of nitrogens with one attached hydrogen (secondary N) is 2. The first-order valence-corrected chi connectivity index (χ1v) is 12.4. The van der Waals surface area contributed by atoms with Crippen molar-refractivity contribution in [3.05, 3.63) is 69.2 Å². The van der Waals surface area contributed by atoms with Crippen LogP contribution >= 0.6 is 11.6 Å². The first kappa shape index (κ1) is 26.6. The molecule has 1 heterocycles. The first-order valence-electron chi connectivity index (χ1n) is 10.5. The van der Waals surface area contributed by atoms with Crippen LogP contribution in [0, 0.1) is 19.7 Å². The highest BCUT2D eigenvalue weighted by Crippen LogP contribution is 2.35. The number of aromatic nitrogens is 4. The van der Waals surface area contributed by atoms with E-state index in [0.29, 0.717) is 11.1 Å². The Morgan fingerprint density at radius 2 is 1.89 bits per heavy atom. The fraction of sp³-hybridized carbons (Fsp3) is 0.364. The van der Waals surface area contributed by atoms with E-state index in [9.17, 15) is 22.0 Å². The molecule has 2 aromatic carbocycles. The van der Waals surface area contributed by atoms with Gasteiger partial charge in [-0.2, -0.15) is 9.94 Å². The number of hydrogen-bond donors (Lipinski definition) is 2. The fourth-order valence-corrected chi connectivity index (χ4v) is 5.21. The van der Waals surface area contributed by atoms with Crippen molar-refractivity contribution in [3.8, 4) is 0 Å². The van der Waals surface area contributed by atoms with Gasteiger partial charge in [-0.1, -0.05) is 29.8 Å². The number of amides is 1. The molecule has 0 fully saturated rings. The van der Waals surface area contributed by atoms with Crippen molar-refractivity contribution in [1.29, 1.82) is 0 Å². The molecular formula is C22H25ClF2N6O3S. The molecule has 35 heavy (non-hydrogen) atoms. The summed E-state index contributed by atoms with van der Waals surface area (Å²) in [5.41, 5.74) is 1.48. The number of carbonyl (C=O) groups excluding carboxylic acids is 1. The SMILES string of the molecule is Cc1ccc(F)c([C@@H](C)[C@H](NS(=O)(=O)c2ccc(Cl)c([C@@H](F)C(=O)N(C)C)c2)c2nn[nH]n2)c1C. The van der Waals surface area contributed by atoms with E-state index in [-0.39, 0.29) is 21.3 Å². The van der Waals surface area contributed by atoms with E-state index in [2.05, 4.69) is 25.3 Å². The summed E-state index contributed by atoms with van der Waals surface area (Å²) in [5, 5.41) is 13.5. The second kappa shape index (κ2) is 10.3. The quantitative estimate of drug-likeness (QED) is 0.463. The third kappa shape index (κ3) is 5.49. The van der Waals surface area contributed by atoms with Crippen molar-refractivity contribution in [2.24, 2.45) is 0 Å². The lowest BCUT2D eigenvalue weighted by atomic mass is 9.88. The zero-order valence-electron chi connectivity index (χ0n) is 19.7. The predicted octanol–water partition coefficient (Wildman–Crippen LogP) is 3.53. The van der Waals surface area contributed by atoms with Gasteiger partial charge in [0.05, 0.1) is 10.9 Å². The van der Waals surface area contributed by atoms with Crippen LogP contribution in [0.25, 0.3) is 0 Å². The van der Waals surface area contributed by atoms with Crippen LogP contribution in [0.4, 0.5) is 8.78 Å². The van der Waals surface area contributed by atoms with E-state index in [0.717, 1.165) is 16.5 Å². The molecule has 0 aliphatic heterocycles. The number of halogens is 3. The van der Waals surface area contributed by atoms with Crippen molar-refractivity contribution in [1.82, 2.24) is 30.2 Å². The largest absolute Gasteiger partial charge is 0.346 e. The molecule has 3 aromatic rings. The van der Waals surface area contributed by atoms with E-state index in [4.69, 9.17) is 11.6 Å². The molecule has 0 saturated heterocycles. The van der Waals surface area contributed by atoms with Crippen LogP contribution in [0.2, 0.25) is 5.02 Å². The molecule has 2 N–H and O–H groups in total. The number of hydrogen-bond acceptors (Lipinski definition) is 6. The summed E-state index contributed by atoms with van der Waals surface area (Å²) in [5.74, 6) is -2.16. The number of aromatic amines is 1. The minimum absolute atomic E-state index is 0.0123. The van der Waals surface area contributed by atoms with E-state index >= 15 is 0 Å². The van der Waals surface area contributed by atoms with Crippen molar-refractivity contribution in [2.75, 3.05) is 14.1 Å². The van der Waals surface area contributed by atoms with Crippen LogP contribution < -0.4 is 4.72 Å².